The molecule has 3 heterocycles. The number of aromatic amines is 1. The van der Waals surface area contributed by atoms with Gasteiger partial charge in [0.1, 0.15) is 5.75 Å². The number of hydrogen-bond acceptors (Lipinski definition) is 2. The van der Waals surface area contributed by atoms with Gasteiger partial charge in [-0.3, -0.25) is 4.90 Å². The van der Waals surface area contributed by atoms with Crippen LogP contribution in [-0.2, 0) is 6.42 Å². The fraction of sp³-hybridized carbons (Fsp3) is 0.600. The van der Waals surface area contributed by atoms with Crippen LogP contribution in [0.4, 0.5) is 0 Å². The molecule has 1 aromatic heterocycles. The van der Waals surface area contributed by atoms with Crippen LogP contribution in [-0.4, -0.2) is 34.1 Å². The number of hydrogen-bond donors (Lipinski definition) is 2. The van der Waals surface area contributed by atoms with Gasteiger partial charge in [-0.05, 0) is 48.4 Å². The molecule has 0 saturated carbocycles. The SMILES string of the molecule is CCC(C)C1C2C[C@H](C)CN1CCc1c2[nH]c2ccc(O)cc12. The fourth-order valence-corrected chi connectivity index (χ4v) is 5.05. The first-order valence-corrected chi connectivity index (χ1v) is 9.16. The molecule has 0 radical (unpaired) electrons. The van der Waals surface area contributed by atoms with Crippen molar-refractivity contribution in [2.45, 2.75) is 52.0 Å². The van der Waals surface area contributed by atoms with E-state index >= 15 is 0 Å². The summed E-state index contributed by atoms with van der Waals surface area (Å²) in [7, 11) is 0. The Bertz CT molecular complexity index is 720. The number of piperidine rings is 1. The Morgan fingerprint density at radius 3 is 3.00 bits per heavy atom. The van der Waals surface area contributed by atoms with E-state index in [-0.39, 0.29) is 0 Å². The van der Waals surface area contributed by atoms with Crippen molar-refractivity contribution < 1.29 is 5.11 Å². The molecule has 124 valence electrons. The van der Waals surface area contributed by atoms with Crippen LogP contribution in [0, 0.1) is 11.8 Å². The molecule has 0 amide bonds. The lowest BCUT2D eigenvalue weighted by molar-refractivity contribution is 0.0624. The molecule has 2 aliphatic rings. The minimum atomic E-state index is 0.374. The second-order valence-electron chi connectivity index (χ2n) is 7.82. The smallest absolute Gasteiger partial charge is 0.116 e. The number of aromatic nitrogens is 1. The van der Waals surface area contributed by atoms with Gasteiger partial charge in [-0.2, -0.15) is 0 Å². The number of phenols is 1. The van der Waals surface area contributed by atoms with Crippen LogP contribution in [0.2, 0.25) is 0 Å². The standard InChI is InChI=1S/C20H28N2O/c1-4-13(3)20-17-9-12(2)11-22(20)8-7-15-16-10-14(23)5-6-18(16)21-19(15)17/h5-6,10,12-13,17,20-21,23H,4,7-9,11H2,1-3H3/t12-,13?,17?,20?/m0/s1. The second-order valence-corrected chi connectivity index (χ2v) is 7.82. The van der Waals surface area contributed by atoms with Gasteiger partial charge in [0.2, 0.25) is 0 Å². The van der Waals surface area contributed by atoms with Gasteiger partial charge in [-0.15, -0.1) is 0 Å². The van der Waals surface area contributed by atoms with Crippen molar-refractivity contribution in [3.05, 3.63) is 29.5 Å². The minimum Gasteiger partial charge on any atom is -0.508 e. The summed E-state index contributed by atoms with van der Waals surface area (Å²) in [6.45, 7) is 9.51. The van der Waals surface area contributed by atoms with Crippen LogP contribution in [0.3, 0.4) is 0 Å². The summed E-state index contributed by atoms with van der Waals surface area (Å²) < 4.78 is 0. The molecule has 23 heavy (non-hydrogen) atoms. The third kappa shape index (κ3) is 2.37. The van der Waals surface area contributed by atoms with Crippen LogP contribution < -0.4 is 0 Å². The molecule has 5 atom stereocenters. The number of nitrogens with one attached hydrogen (secondary N) is 1. The summed E-state index contributed by atoms with van der Waals surface area (Å²) in [5.41, 5.74) is 4.08. The number of phenolic OH excluding ortho intramolecular Hbond substituents is 1. The van der Waals surface area contributed by atoms with Crippen molar-refractivity contribution in [2.24, 2.45) is 11.8 Å². The molecule has 4 unspecified atom stereocenters. The molecule has 1 saturated heterocycles. The number of rotatable bonds is 2. The Hall–Kier alpha value is -1.48. The molecule has 1 aromatic carbocycles. The molecule has 1 fully saturated rings. The van der Waals surface area contributed by atoms with Gasteiger partial charge < -0.3 is 10.1 Å². The number of fused-ring (bicyclic) bond motifs is 6. The third-order valence-electron chi connectivity index (χ3n) is 6.21. The number of benzene rings is 1. The van der Waals surface area contributed by atoms with Crippen LogP contribution >= 0.6 is 0 Å². The van der Waals surface area contributed by atoms with Crippen LogP contribution in [0.25, 0.3) is 10.9 Å². The van der Waals surface area contributed by atoms with E-state index in [9.17, 15) is 5.11 Å². The molecule has 0 spiro atoms. The maximum absolute atomic E-state index is 9.90. The quantitative estimate of drug-likeness (QED) is 0.869. The first kappa shape index (κ1) is 15.1. The van der Waals surface area contributed by atoms with Gasteiger partial charge in [0.05, 0.1) is 0 Å². The Labute approximate surface area is 138 Å². The highest BCUT2D eigenvalue weighted by Crippen LogP contribution is 2.44. The van der Waals surface area contributed by atoms with Crippen molar-refractivity contribution in [3.8, 4) is 5.75 Å². The zero-order valence-corrected chi connectivity index (χ0v) is 14.5. The molecule has 2 aromatic rings. The first-order chi connectivity index (χ1) is 11.1. The van der Waals surface area contributed by atoms with Crippen molar-refractivity contribution in [1.82, 2.24) is 9.88 Å². The predicted octanol–water partition coefficient (Wildman–Crippen LogP) is 4.27. The zero-order valence-electron chi connectivity index (χ0n) is 14.5. The molecular weight excluding hydrogens is 284 g/mol. The van der Waals surface area contributed by atoms with Gasteiger partial charge in [0, 0.05) is 41.6 Å². The Morgan fingerprint density at radius 2 is 2.22 bits per heavy atom. The van der Waals surface area contributed by atoms with E-state index < -0.39 is 0 Å². The lowest BCUT2D eigenvalue weighted by Gasteiger charge is -2.45. The zero-order chi connectivity index (χ0) is 16.1. The second kappa shape index (κ2) is 5.55. The van der Waals surface area contributed by atoms with E-state index in [1.807, 2.05) is 12.1 Å². The normalized spacial score (nSPS) is 31.6. The summed E-state index contributed by atoms with van der Waals surface area (Å²) in [5.74, 6) is 2.45. The van der Waals surface area contributed by atoms with Crippen molar-refractivity contribution in [1.29, 1.82) is 0 Å². The lowest BCUT2D eigenvalue weighted by Crippen LogP contribution is -2.49. The highest BCUT2D eigenvalue weighted by Gasteiger charge is 2.41. The molecule has 2 bridgehead atoms. The van der Waals surface area contributed by atoms with E-state index in [0.717, 1.165) is 24.8 Å². The summed E-state index contributed by atoms with van der Waals surface area (Å²) in [6.07, 6.45) is 3.61. The largest absolute Gasteiger partial charge is 0.508 e. The van der Waals surface area contributed by atoms with E-state index in [1.165, 1.54) is 41.5 Å². The van der Waals surface area contributed by atoms with Gasteiger partial charge in [0.25, 0.3) is 0 Å². The van der Waals surface area contributed by atoms with Gasteiger partial charge in [0.15, 0.2) is 0 Å². The van der Waals surface area contributed by atoms with Gasteiger partial charge >= 0.3 is 0 Å². The lowest BCUT2D eigenvalue weighted by atomic mass is 9.76. The van der Waals surface area contributed by atoms with Crippen molar-refractivity contribution in [3.63, 3.8) is 0 Å². The molecular formula is C20H28N2O. The van der Waals surface area contributed by atoms with Crippen molar-refractivity contribution in [2.75, 3.05) is 13.1 Å². The maximum Gasteiger partial charge on any atom is 0.116 e. The monoisotopic (exact) mass is 312 g/mol. The summed E-state index contributed by atoms with van der Waals surface area (Å²) in [4.78, 5) is 6.48. The van der Waals surface area contributed by atoms with Gasteiger partial charge in [-0.1, -0.05) is 27.2 Å². The topological polar surface area (TPSA) is 39.3 Å². The van der Waals surface area contributed by atoms with Gasteiger partial charge in [-0.25, -0.2) is 0 Å². The highest BCUT2D eigenvalue weighted by molar-refractivity contribution is 5.86. The van der Waals surface area contributed by atoms with E-state index in [2.05, 4.69) is 30.7 Å². The van der Waals surface area contributed by atoms with Crippen molar-refractivity contribution >= 4 is 10.9 Å². The van der Waals surface area contributed by atoms with E-state index in [1.54, 1.807) is 6.07 Å². The predicted molar refractivity (Wildman–Crippen MR) is 95.0 cm³/mol. The summed E-state index contributed by atoms with van der Waals surface area (Å²) in [5, 5.41) is 11.1. The number of H-pyrrole nitrogens is 1. The Morgan fingerprint density at radius 1 is 1.39 bits per heavy atom. The van der Waals surface area contributed by atoms with Crippen LogP contribution in [0.5, 0.6) is 5.75 Å². The maximum atomic E-state index is 9.90. The highest BCUT2D eigenvalue weighted by atomic mass is 16.3. The molecule has 0 aliphatic carbocycles. The molecule has 2 N–H and O–H groups in total. The van der Waals surface area contributed by atoms with E-state index in [0.29, 0.717) is 17.7 Å². The molecule has 4 rings (SSSR count). The average molecular weight is 312 g/mol. The fourth-order valence-electron chi connectivity index (χ4n) is 5.05. The molecule has 3 heteroatoms. The molecule has 2 aliphatic heterocycles. The van der Waals surface area contributed by atoms with Crippen LogP contribution in [0.1, 0.15) is 50.8 Å². The average Bonchev–Trinajstić information content (AvgIpc) is 2.84. The first-order valence-electron chi connectivity index (χ1n) is 9.16. The number of nitrogens with zero attached hydrogens (tertiary/aromatic N) is 1. The molecule has 3 nitrogen and oxygen atoms in total. The third-order valence-corrected chi connectivity index (χ3v) is 6.21. The Kier molecular flexibility index (Phi) is 3.64. The minimum absolute atomic E-state index is 0.374. The Balaban J connectivity index is 1.87. The van der Waals surface area contributed by atoms with Crippen LogP contribution in [0.15, 0.2) is 18.2 Å². The van der Waals surface area contributed by atoms with E-state index in [4.69, 9.17) is 0 Å². The summed E-state index contributed by atoms with van der Waals surface area (Å²) >= 11 is 0. The number of aromatic hydroxyl groups is 1. The summed E-state index contributed by atoms with van der Waals surface area (Å²) in [6, 6.07) is 6.41.